The summed E-state index contributed by atoms with van der Waals surface area (Å²) in [5.41, 5.74) is 9.93. The van der Waals surface area contributed by atoms with E-state index in [2.05, 4.69) is 73.5 Å². The van der Waals surface area contributed by atoms with Gasteiger partial charge in [0.1, 0.15) is 25.6 Å². The number of hydrogen-bond acceptors (Lipinski definition) is 29. The summed E-state index contributed by atoms with van der Waals surface area (Å²) in [5.74, 6) is 2.43. The topological polar surface area (TPSA) is 296 Å². The van der Waals surface area contributed by atoms with Crippen molar-refractivity contribution in [3.63, 3.8) is 0 Å². The Balaban J connectivity index is 0.000000131. The van der Waals surface area contributed by atoms with Gasteiger partial charge in [0.05, 0.1) is 150 Å². The summed E-state index contributed by atoms with van der Waals surface area (Å²) in [5, 5.41) is 40.2. The van der Waals surface area contributed by atoms with E-state index in [-0.39, 0.29) is 37.2 Å². The zero-order valence-electron chi connectivity index (χ0n) is 65.0. The van der Waals surface area contributed by atoms with Gasteiger partial charge >= 0.3 is 0 Å². The predicted molar refractivity (Wildman–Crippen MR) is 470 cm³/mol. The number of benzene rings is 8. The first-order valence-corrected chi connectivity index (χ1v) is 40.9. The number of aromatic nitrogens is 5. The van der Waals surface area contributed by atoms with Gasteiger partial charge in [0.15, 0.2) is 32.0 Å². The molecule has 0 amide bonds. The monoisotopic (exact) mass is 1650 g/mol. The fourth-order valence-corrected chi connectivity index (χ4v) is 16.9. The molecule has 594 valence electrons. The largest absolute Gasteiger partial charge is 0.497 e. The van der Waals surface area contributed by atoms with Crippen LogP contribution in [-0.2, 0) is 45.2 Å². The maximum atomic E-state index is 9.35. The van der Waals surface area contributed by atoms with Crippen molar-refractivity contribution in [1.82, 2.24) is 24.9 Å². The number of hydrogen-bond donors (Lipinski definition) is 0. The highest BCUT2D eigenvalue weighted by atomic mass is 32.1. The van der Waals surface area contributed by atoms with E-state index in [1.807, 2.05) is 220 Å². The molecule has 0 spiro atoms. The average Bonchev–Trinajstić information content (AvgIpc) is 1.65. The Morgan fingerprint density at radius 2 is 0.731 bits per heavy atom. The lowest BCUT2D eigenvalue weighted by Gasteiger charge is -2.30. The molecule has 3 unspecified atom stereocenters. The van der Waals surface area contributed by atoms with Crippen molar-refractivity contribution in [3.8, 4) is 58.4 Å². The highest BCUT2D eigenvalue weighted by Crippen LogP contribution is 2.41. The molecule has 4 aliphatic heterocycles. The van der Waals surface area contributed by atoms with Crippen LogP contribution in [0.15, 0.2) is 282 Å². The lowest BCUT2D eigenvalue weighted by molar-refractivity contribution is 0.277. The summed E-state index contributed by atoms with van der Waals surface area (Å²) in [6.45, 7) is 1.40. The quantitative estimate of drug-likeness (QED) is 0.0609. The molecule has 4 aliphatic rings. The first-order valence-electron chi connectivity index (χ1n) is 37.6. The van der Waals surface area contributed by atoms with Crippen molar-refractivity contribution in [2.45, 2.75) is 76.1 Å². The van der Waals surface area contributed by atoms with Crippen LogP contribution in [0, 0.1) is 45.3 Å². The summed E-state index contributed by atoms with van der Waals surface area (Å²) in [4.78, 5) is 48.4. The van der Waals surface area contributed by atoms with E-state index in [9.17, 15) is 21.0 Å². The van der Waals surface area contributed by atoms with Gasteiger partial charge in [0, 0.05) is 49.2 Å². The van der Waals surface area contributed by atoms with Crippen molar-refractivity contribution in [3.05, 3.63) is 284 Å². The summed E-state index contributed by atoms with van der Waals surface area (Å²) in [6.07, 6.45) is 19.8. The number of para-hydroxylation sites is 4. The van der Waals surface area contributed by atoms with Gasteiger partial charge in [-0.15, -0.1) is 0 Å². The number of ether oxygens (including phenoxy) is 8. The third-order valence-electron chi connectivity index (χ3n) is 18.6. The molecule has 0 saturated heterocycles. The number of nitrogens with zero attached hydrogens (tertiary/aromatic N) is 17. The van der Waals surface area contributed by atoms with Crippen molar-refractivity contribution in [1.29, 1.82) is 21.0 Å². The molecule has 4 atom stereocenters. The lowest BCUT2D eigenvalue weighted by atomic mass is 10.0. The molecule has 0 radical (unpaired) electrons. The average molecular weight is 1650 g/mol. The second kappa shape index (κ2) is 40.3. The molecule has 0 saturated carbocycles. The molecule has 13 aromatic rings. The van der Waals surface area contributed by atoms with Gasteiger partial charge in [-0.05, 0) is 137 Å². The minimum absolute atomic E-state index is 0.158. The van der Waals surface area contributed by atoms with Gasteiger partial charge in [-0.2, -0.15) is 21.0 Å². The van der Waals surface area contributed by atoms with E-state index in [1.54, 1.807) is 99.6 Å². The van der Waals surface area contributed by atoms with Crippen LogP contribution < -0.4 is 38.5 Å². The number of thiazole rings is 4. The SMILES string of the molecule is COc1cc(COC2=NC=CC(CC#N)N2c2nc3ccccc3s2)cc(OC)c1OC.COc1ccc(CCOC2=NC=C[C@@H](CC#N)N2c2nc3ccccc3s2)cc1.N#CCC1C=CN=C(OCc2cccc(-c3ccccc3)c2)N1c1nc2ccccc2s1.N#CCC1C=CN=C(OCc2cccnc2)N1c1nc2ccccc2s1. The van der Waals surface area contributed by atoms with Crippen LogP contribution in [0.2, 0.25) is 0 Å². The smallest absolute Gasteiger partial charge is 0.299 e. The summed E-state index contributed by atoms with van der Waals surface area (Å²) < 4.78 is 50.0. The fourth-order valence-electron chi connectivity index (χ4n) is 12.8. The Morgan fingerprint density at radius 3 is 1.11 bits per heavy atom. The molecule has 0 fully saturated rings. The number of amidine groups is 4. The number of pyridine rings is 1. The van der Waals surface area contributed by atoms with Gasteiger partial charge in [-0.3, -0.25) is 24.6 Å². The van der Waals surface area contributed by atoms with Crippen LogP contribution in [0.4, 0.5) is 20.5 Å². The molecule has 8 aromatic carbocycles. The number of rotatable bonds is 22. The summed E-state index contributed by atoms with van der Waals surface area (Å²) in [7, 11) is 6.35. The zero-order chi connectivity index (χ0) is 82.1. The van der Waals surface area contributed by atoms with E-state index in [1.165, 1.54) is 11.3 Å². The van der Waals surface area contributed by atoms with Crippen molar-refractivity contribution < 1.29 is 37.9 Å². The maximum Gasteiger partial charge on any atom is 0.299 e. The van der Waals surface area contributed by atoms with Crippen molar-refractivity contribution >= 4 is 131 Å². The summed E-state index contributed by atoms with van der Waals surface area (Å²) >= 11 is 6.22. The molecule has 0 aliphatic carbocycles. The Morgan fingerprint density at radius 1 is 0.353 bits per heavy atom. The number of nitriles is 4. The normalized spacial score (nSPS) is 15.7. The van der Waals surface area contributed by atoms with Gasteiger partial charge < -0.3 is 37.9 Å². The Kier molecular flexibility index (Phi) is 27.5. The molecule has 0 N–H and O–H groups in total. The van der Waals surface area contributed by atoms with E-state index < -0.39 is 0 Å². The third-order valence-corrected chi connectivity index (χ3v) is 22.8. The standard InChI is InChI=1S/C26H20N4OS.C23H22N4O4S.C22H20N4O2S.C19H15N5OS/c27-15-13-22-14-16-28-25(30(22)26-29-23-11-4-5-12-24(23)32-26)31-18-19-7-6-10-21(17-19)20-8-2-1-3-9-20;1-28-18-12-15(13-19(29-2)21(18)30-3)14-31-22-25-11-9-16(8-10-24)27(22)23-26-17-6-4-5-7-20(17)32-23;1-27-18-8-6-16(7-9-18)12-15-28-21-24-14-11-17(10-13-23)26(21)22-25-19-4-2-3-5-20(19)29-22;20-9-7-15-8-11-22-18(25-13-14-4-3-10-21-12-14)24(15)19-23-16-5-1-2-6-17(16)26-19/h1-12,14,16-17,22H,13,18H2;4-7,9,11-13,16H,8,14H2,1-3H3;2-9,11,14,17H,10,12,15H2,1H3;1-6,8,10-12,15H,7,13H2/t;;17-;/m..1./s1. The maximum absolute atomic E-state index is 9.35. The van der Waals surface area contributed by atoms with Crippen molar-refractivity contribution in [2.24, 2.45) is 20.0 Å². The molecule has 0 bridgehead atoms. The second-order valence-corrected chi connectivity index (χ2v) is 30.4. The molecule has 5 aromatic heterocycles. The number of fused-ring (bicyclic) bond motifs is 4. The number of anilines is 4. The minimum atomic E-state index is -0.229. The molecule has 119 heavy (non-hydrogen) atoms. The molecule has 25 nitrogen and oxygen atoms in total. The van der Waals surface area contributed by atoms with Gasteiger partial charge in [-0.25, -0.2) is 39.9 Å². The predicted octanol–water partition coefficient (Wildman–Crippen LogP) is 19.1. The molecule has 17 rings (SSSR count). The van der Waals surface area contributed by atoms with Gasteiger partial charge in [0.2, 0.25) is 5.75 Å². The first kappa shape index (κ1) is 81.2. The van der Waals surface area contributed by atoms with Crippen LogP contribution >= 0.6 is 45.3 Å². The molecular weight excluding hydrogens is 1580 g/mol. The molecule has 29 heteroatoms. The zero-order valence-corrected chi connectivity index (χ0v) is 68.3. The summed E-state index contributed by atoms with van der Waals surface area (Å²) in [6, 6.07) is 75.8. The van der Waals surface area contributed by atoms with Crippen molar-refractivity contribution in [2.75, 3.05) is 54.6 Å². The van der Waals surface area contributed by atoms with Crippen LogP contribution in [-0.4, -0.2) is 108 Å². The lowest BCUT2D eigenvalue weighted by Crippen LogP contribution is -2.42. The van der Waals surface area contributed by atoms with E-state index >= 15 is 0 Å². The second-order valence-electron chi connectivity index (χ2n) is 26.3. The Labute approximate surface area is 703 Å². The highest BCUT2D eigenvalue weighted by Gasteiger charge is 2.33. The fraction of sp³-hybridized carbons (Fsp3) is 0.189. The van der Waals surface area contributed by atoms with E-state index in [0.29, 0.717) is 80.4 Å². The minimum Gasteiger partial charge on any atom is -0.497 e. The number of methoxy groups -OCH3 is 4. The van der Waals surface area contributed by atoms with Gasteiger partial charge in [-0.1, -0.05) is 161 Å². The Hall–Kier alpha value is -14.3. The van der Waals surface area contributed by atoms with Crippen LogP contribution in [0.25, 0.3) is 52.0 Å². The number of aliphatic imine (C=N–C) groups is 4. The first-order chi connectivity index (χ1) is 58.6. The van der Waals surface area contributed by atoms with E-state index in [4.69, 9.17) is 57.8 Å². The molecule has 9 heterocycles. The highest BCUT2D eigenvalue weighted by molar-refractivity contribution is 7.23. The van der Waals surface area contributed by atoms with Gasteiger partial charge in [0.25, 0.3) is 24.1 Å². The van der Waals surface area contributed by atoms with Crippen LogP contribution in [0.5, 0.6) is 23.0 Å². The Bertz CT molecular complexity index is 5960. The third kappa shape index (κ3) is 20.1. The van der Waals surface area contributed by atoms with E-state index in [0.717, 1.165) is 107 Å². The molecular formula is C90H77N17O8S4. The van der Waals surface area contributed by atoms with Crippen LogP contribution in [0.1, 0.15) is 47.9 Å². The van der Waals surface area contributed by atoms with Crippen LogP contribution in [0.3, 0.4) is 0 Å².